The molecule has 29 heavy (non-hydrogen) atoms. The lowest BCUT2D eigenvalue weighted by molar-refractivity contribution is 0.0671. The predicted octanol–water partition coefficient (Wildman–Crippen LogP) is 3.39. The second kappa shape index (κ2) is 9.32. The normalized spacial score (nSPS) is 13.8. The number of methoxy groups -OCH3 is 1. The van der Waals surface area contributed by atoms with Crippen LogP contribution in [0.5, 0.6) is 11.5 Å². The summed E-state index contributed by atoms with van der Waals surface area (Å²) >= 11 is 0. The molecule has 1 aliphatic rings. The summed E-state index contributed by atoms with van der Waals surface area (Å²) in [5, 5.41) is 2.92. The molecule has 0 spiro atoms. The Labute approximate surface area is 171 Å². The number of anilines is 1. The SMILES string of the molecule is CCOc1cc(C(=O)N2CCN(C(=O)Nc3cccc(C)c3)CC2)ccc1OC. The third kappa shape index (κ3) is 4.99. The average Bonchev–Trinajstić information content (AvgIpc) is 2.73. The molecule has 0 saturated carbocycles. The number of piperazine rings is 1. The topological polar surface area (TPSA) is 71.1 Å². The first-order valence-corrected chi connectivity index (χ1v) is 9.74. The van der Waals surface area contributed by atoms with Crippen LogP contribution < -0.4 is 14.8 Å². The molecule has 1 heterocycles. The zero-order valence-corrected chi connectivity index (χ0v) is 17.1. The van der Waals surface area contributed by atoms with Crippen molar-refractivity contribution in [2.75, 3.05) is 45.2 Å². The molecule has 3 amide bonds. The first-order valence-electron chi connectivity index (χ1n) is 9.74. The summed E-state index contributed by atoms with van der Waals surface area (Å²) in [6, 6.07) is 12.7. The molecule has 0 radical (unpaired) electrons. The quantitative estimate of drug-likeness (QED) is 0.840. The van der Waals surface area contributed by atoms with Gasteiger partial charge in [-0.2, -0.15) is 0 Å². The molecule has 0 aliphatic carbocycles. The van der Waals surface area contributed by atoms with E-state index in [1.807, 2.05) is 38.1 Å². The van der Waals surface area contributed by atoms with Gasteiger partial charge in [-0.25, -0.2) is 4.79 Å². The molecular formula is C22H27N3O4. The smallest absolute Gasteiger partial charge is 0.321 e. The lowest BCUT2D eigenvalue weighted by Crippen LogP contribution is -2.51. The molecule has 0 aromatic heterocycles. The van der Waals surface area contributed by atoms with E-state index in [1.54, 1.807) is 35.1 Å². The lowest BCUT2D eigenvalue weighted by Gasteiger charge is -2.34. The van der Waals surface area contributed by atoms with E-state index in [0.29, 0.717) is 49.8 Å². The highest BCUT2D eigenvalue weighted by Crippen LogP contribution is 2.28. The number of hydrogen-bond acceptors (Lipinski definition) is 4. The van der Waals surface area contributed by atoms with Gasteiger partial charge in [0.25, 0.3) is 5.91 Å². The highest BCUT2D eigenvalue weighted by Gasteiger charge is 2.25. The summed E-state index contributed by atoms with van der Waals surface area (Å²) in [5.74, 6) is 1.07. The van der Waals surface area contributed by atoms with Crippen LogP contribution in [0.1, 0.15) is 22.8 Å². The van der Waals surface area contributed by atoms with Crippen LogP contribution in [-0.4, -0.2) is 61.6 Å². The minimum atomic E-state index is -0.147. The fourth-order valence-corrected chi connectivity index (χ4v) is 3.30. The Bertz CT molecular complexity index is 876. The number of urea groups is 1. The third-order valence-corrected chi connectivity index (χ3v) is 4.83. The van der Waals surface area contributed by atoms with Crippen molar-refractivity contribution < 1.29 is 19.1 Å². The van der Waals surface area contributed by atoms with E-state index < -0.39 is 0 Å². The minimum absolute atomic E-state index is 0.0765. The van der Waals surface area contributed by atoms with Crippen LogP contribution in [0.3, 0.4) is 0 Å². The molecule has 2 aromatic carbocycles. The largest absolute Gasteiger partial charge is 0.493 e. The van der Waals surface area contributed by atoms with Crippen molar-refractivity contribution in [3.8, 4) is 11.5 Å². The lowest BCUT2D eigenvalue weighted by atomic mass is 10.1. The van der Waals surface area contributed by atoms with Crippen LogP contribution in [0, 0.1) is 6.92 Å². The summed E-state index contributed by atoms with van der Waals surface area (Å²) in [7, 11) is 1.57. The maximum Gasteiger partial charge on any atom is 0.321 e. The highest BCUT2D eigenvalue weighted by atomic mass is 16.5. The molecule has 7 heteroatoms. The number of ether oxygens (including phenoxy) is 2. The highest BCUT2D eigenvalue weighted by molar-refractivity contribution is 5.95. The molecule has 0 unspecified atom stereocenters. The monoisotopic (exact) mass is 397 g/mol. The van der Waals surface area contributed by atoms with Gasteiger partial charge in [0.2, 0.25) is 0 Å². The van der Waals surface area contributed by atoms with Gasteiger partial charge in [-0.3, -0.25) is 4.79 Å². The van der Waals surface area contributed by atoms with Crippen LogP contribution in [0.15, 0.2) is 42.5 Å². The molecule has 1 fully saturated rings. The Morgan fingerprint density at radius 2 is 1.72 bits per heavy atom. The number of rotatable bonds is 5. The molecule has 1 aliphatic heterocycles. The van der Waals surface area contributed by atoms with Crippen molar-refractivity contribution in [3.05, 3.63) is 53.6 Å². The van der Waals surface area contributed by atoms with Gasteiger partial charge < -0.3 is 24.6 Å². The first-order chi connectivity index (χ1) is 14.0. The number of benzene rings is 2. The Hall–Kier alpha value is -3.22. The number of nitrogens with zero attached hydrogens (tertiary/aromatic N) is 2. The Kier molecular flexibility index (Phi) is 6.59. The fourth-order valence-electron chi connectivity index (χ4n) is 3.30. The van der Waals surface area contributed by atoms with Crippen molar-refractivity contribution >= 4 is 17.6 Å². The standard InChI is InChI=1S/C22H27N3O4/c1-4-29-20-15-17(8-9-19(20)28-3)21(26)24-10-12-25(13-11-24)22(27)23-18-7-5-6-16(2)14-18/h5-9,14-15H,4,10-13H2,1-3H3,(H,23,27). The zero-order chi connectivity index (χ0) is 20.8. The van der Waals surface area contributed by atoms with E-state index in [-0.39, 0.29) is 11.9 Å². The molecule has 154 valence electrons. The number of aryl methyl sites for hydroxylation is 1. The van der Waals surface area contributed by atoms with Gasteiger partial charge >= 0.3 is 6.03 Å². The van der Waals surface area contributed by atoms with Crippen LogP contribution in [0.4, 0.5) is 10.5 Å². The van der Waals surface area contributed by atoms with Gasteiger partial charge in [0.05, 0.1) is 13.7 Å². The Balaban J connectivity index is 1.59. The van der Waals surface area contributed by atoms with E-state index in [1.165, 1.54) is 0 Å². The Morgan fingerprint density at radius 1 is 1.00 bits per heavy atom. The van der Waals surface area contributed by atoms with Crippen molar-refractivity contribution in [1.29, 1.82) is 0 Å². The van der Waals surface area contributed by atoms with E-state index >= 15 is 0 Å². The van der Waals surface area contributed by atoms with Crippen LogP contribution in [0.2, 0.25) is 0 Å². The summed E-state index contributed by atoms with van der Waals surface area (Å²) < 4.78 is 10.8. The molecule has 3 rings (SSSR count). The van der Waals surface area contributed by atoms with E-state index in [9.17, 15) is 9.59 Å². The van der Waals surface area contributed by atoms with Crippen molar-refractivity contribution in [2.24, 2.45) is 0 Å². The Morgan fingerprint density at radius 3 is 2.38 bits per heavy atom. The van der Waals surface area contributed by atoms with E-state index in [0.717, 1.165) is 11.3 Å². The molecule has 2 aromatic rings. The first kappa shape index (κ1) is 20.5. The summed E-state index contributed by atoms with van der Waals surface area (Å²) in [4.78, 5) is 28.9. The van der Waals surface area contributed by atoms with Crippen molar-refractivity contribution in [1.82, 2.24) is 9.80 Å². The molecule has 0 bridgehead atoms. The van der Waals surface area contributed by atoms with Crippen LogP contribution >= 0.6 is 0 Å². The second-order valence-electron chi connectivity index (χ2n) is 6.88. The second-order valence-corrected chi connectivity index (χ2v) is 6.88. The molecule has 7 nitrogen and oxygen atoms in total. The fraction of sp³-hybridized carbons (Fsp3) is 0.364. The summed E-state index contributed by atoms with van der Waals surface area (Å²) in [5.41, 5.74) is 2.41. The molecule has 0 atom stereocenters. The summed E-state index contributed by atoms with van der Waals surface area (Å²) in [6.07, 6.45) is 0. The molecule has 1 saturated heterocycles. The number of nitrogens with one attached hydrogen (secondary N) is 1. The van der Waals surface area contributed by atoms with Crippen molar-refractivity contribution in [3.63, 3.8) is 0 Å². The van der Waals surface area contributed by atoms with Gasteiger partial charge in [-0.05, 0) is 49.7 Å². The van der Waals surface area contributed by atoms with Gasteiger partial charge in [-0.15, -0.1) is 0 Å². The number of carbonyl (C=O) groups excluding carboxylic acids is 2. The maximum atomic E-state index is 12.9. The van der Waals surface area contributed by atoms with Gasteiger partial charge in [0.15, 0.2) is 11.5 Å². The molecular weight excluding hydrogens is 370 g/mol. The van der Waals surface area contributed by atoms with Gasteiger partial charge in [0, 0.05) is 37.4 Å². The van der Waals surface area contributed by atoms with Crippen molar-refractivity contribution in [2.45, 2.75) is 13.8 Å². The maximum absolute atomic E-state index is 12.9. The molecule has 1 N–H and O–H groups in total. The number of hydrogen-bond donors (Lipinski definition) is 1. The minimum Gasteiger partial charge on any atom is -0.493 e. The number of amides is 3. The van der Waals surface area contributed by atoms with Crippen LogP contribution in [-0.2, 0) is 0 Å². The third-order valence-electron chi connectivity index (χ3n) is 4.83. The van der Waals surface area contributed by atoms with Gasteiger partial charge in [0.1, 0.15) is 0 Å². The predicted molar refractivity (Wildman–Crippen MR) is 112 cm³/mol. The number of carbonyl (C=O) groups is 2. The van der Waals surface area contributed by atoms with E-state index in [2.05, 4.69) is 5.32 Å². The van der Waals surface area contributed by atoms with Crippen LogP contribution in [0.25, 0.3) is 0 Å². The summed E-state index contributed by atoms with van der Waals surface area (Å²) in [6.45, 7) is 6.29. The van der Waals surface area contributed by atoms with Gasteiger partial charge in [-0.1, -0.05) is 12.1 Å². The zero-order valence-electron chi connectivity index (χ0n) is 17.1. The average molecular weight is 397 g/mol. The van der Waals surface area contributed by atoms with E-state index in [4.69, 9.17) is 9.47 Å².